The first-order valence-electron chi connectivity index (χ1n) is 7.73. The Balaban J connectivity index is 2.57. The van der Waals surface area contributed by atoms with Crippen LogP contribution >= 0.6 is 0 Å². The van der Waals surface area contributed by atoms with Crippen LogP contribution in [0.25, 0.3) is 21.5 Å². The van der Waals surface area contributed by atoms with E-state index in [0.717, 1.165) is 10.8 Å². The molecule has 0 saturated carbocycles. The minimum absolute atomic E-state index is 0.0431. The van der Waals surface area contributed by atoms with E-state index in [0.29, 0.717) is 39.3 Å². The first-order chi connectivity index (χ1) is 12.6. The summed E-state index contributed by atoms with van der Waals surface area (Å²) in [6.45, 7) is 0. The van der Waals surface area contributed by atoms with E-state index in [2.05, 4.69) is 5.16 Å². The van der Waals surface area contributed by atoms with Gasteiger partial charge in [-0.2, -0.15) is 0 Å². The number of benzene rings is 3. The summed E-state index contributed by atoms with van der Waals surface area (Å²) < 4.78 is 21.5. The van der Waals surface area contributed by atoms with E-state index in [1.54, 1.807) is 38.5 Å². The number of hydrogen-bond donors (Lipinski definition) is 2. The smallest absolute Gasteiger partial charge is 0.161 e. The zero-order valence-corrected chi connectivity index (χ0v) is 14.9. The highest BCUT2D eigenvalue weighted by atomic mass is 16.5. The average Bonchev–Trinajstić information content (AvgIpc) is 2.68. The van der Waals surface area contributed by atoms with Gasteiger partial charge < -0.3 is 29.3 Å². The molecule has 2 N–H and O–H groups in total. The van der Waals surface area contributed by atoms with Crippen LogP contribution in [0.2, 0.25) is 0 Å². The number of fused-ring (bicyclic) bond motifs is 3. The quantitative estimate of drug-likeness (QED) is 0.314. The van der Waals surface area contributed by atoms with Crippen molar-refractivity contribution in [2.75, 3.05) is 28.4 Å². The Labute approximate surface area is 150 Å². The topological polar surface area (TPSA) is 89.7 Å². The summed E-state index contributed by atoms with van der Waals surface area (Å²) in [5.41, 5.74) is 0.350. The molecular weight excluding hydrogens is 338 g/mol. The van der Waals surface area contributed by atoms with Crippen LogP contribution < -0.4 is 18.9 Å². The van der Waals surface area contributed by atoms with Crippen LogP contribution in [0.15, 0.2) is 29.4 Å². The number of nitrogens with zero attached hydrogens (tertiary/aromatic N) is 1. The summed E-state index contributed by atoms with van der Waals surface area (Å²) in [5.74, 6) is 1.99. The van der Waals surface area contributed by atoms with Gasteiger partial charge >= 0.3 is 0 Å². The molecule has 0 aliphatic heterocycles. The van der Waals surface area contributed by atoms with Gasteiger partial charge in [-0.25, -0.2) is 0 Å². The molecule has 136 valence electrons. The van der Waals surface area contributed by atoms with E-state index in [4.69, 9.17) is 24.2 Å². The van der Waals surface area contributed by atoms with Gasteiger partial charge in [-0.1, -0.05) is 5.16 Å². The molecule has 0 unspecified atom stereocenters. The Bertz CT molecular complexity index is 1010. The lowest BCUT2D eigenvalue weighted by atomic mass is 9.95. The Morgan fingerprint density at radius 2 is 1.08 bits per heavy atom. The molecule has 26 heavy (non-hydrogen) atoms. The third-order valence-corrected chi connectivity index (χ3v) is 4.32. The molecule has 0 aromatic heterocycles. The molecule has 0 fully saturated rings. The van der Waals surface area contributed by atoms with Crippen molar-refractivity contribution in [2.24, 2.45) is 5.16 Å². The van der Waals surface area contributed by atoms with Gasteiger partial charge in [-0.05, 0) is 40.4 Å². The van der Waals surface area contributed by atoms with Gasteiger partial charge in [0.1, 0.15) is 5.75 Å². The van der Waals surface area contributed by atoms with Gasteiger partial charge in [0, 0.05) is 10.9 Å². The standard InChI is InChI=1S/C19H19NO6/c1-23-15-5-10-11-6-16(24-2)18(26-4)8-13(11)19(21)14(9-20-22)12(10)7-17(15)25-3/h5-9,21-22H,1-4H3/b20-9+. The van der Waals surface area contributed by atoms with Crippen molar-refractivity contribution in [3.8, 4) is 28.7 Å². The first kappa shape index (κ1) is 17.5. The van der Waals surface area contributed by atoms with Crippen LogP contribution in [-0.4, -0.2) is 45.0 Å². The number of phenols is 1. The minimum Gasteiger partial charge on any atom is -0.507 e. The second-order valence-corrected chi connectivity index (χ2v) is 5.51. The molecule has 3 aromatic carbocycles. The molecule has 0 amide bonds. The van der Waals surface area contributed by atoms with Gasteiger partial charge in [0.05, 0.1) is 34.7 Å². The van der Waals surface area contributed by atoms with E-state index in [1.807, 2.05) is 0 Å². The number of methoxy groups -OCH3 is 4. The maximum absolute atomic E-state index is 10.8. The molecule has 0 saturated heterocycles. The Morgan fingerprint density at radius 3 is 1.50 bits per heavy atom. The van der Waals surface area contributed by atoms with Crippen molar-refractivity contribution in [1.82, 2.24) is 0 Å². The number of aromatic hydroxyl groups is 1. The third-order valence-electron chi connectivity index (χ3n) is 4.32. The molecule has 7 heteroatoms. The lowest BCUT2D eigenvalue weighted by Crippen LogP contribution is -1.96. The highest BCUT2D eigenvalue weighted by molar-refractivity contribution is 6.18. The van der Waals surface area contributed by atoms with Crippen LogP contribution in [0.5, 0.6) is 28.7 Å². The van der Waals surface area contributed by atoms with Crippen LogP contribution in [-0.2, 0) is 0 Å². The zero-order chi connectivity index (χ0) is 18.8. The third kappa shape index (κ3) is 2.57. The van der Waals surface area contributed by atoms with E-state index in [1.165, 1.54) is 20.4 Å². The van der Waals surface area contributed by atoms with Crippen LogP contribution in [0, 0.1) is 0 Å². The van der Waals surface area contributed by atoms with Gasteiger partial charge in [-0.15, -0.1) is 0 Å². The predicted octanol–water partition coefficient (Wildman–Crippen LogP) is 3.54. The second kappa shape index (κ2) is 6.87. The highest BCUT2D eigenvalue weighted by Crippen LogP contribution is 2.45. The van der Waals surface area contributed by atoms with Gasteiger partial charge in [0.2, 0.25) is 0 Å². The summed E-state index contributed by atoms with van der Waals surface area (Å²) in [4.78, 5) is 0. The molecule has 0 heterocycles. The van der Waals surface area contributed by atoms with Gasteiger partial charge in [0.25, 0.3) is 0 Å². The summed E-state index contributed by atoms with van der Waals surface area (Å²) >= 11 is 0. The molecule has 0 aliphatic rings. The van der Waals surface area contributed by atoms with Crippen LogP contribution in [0.4, 0.5) is 0 Å². The summed E-state index contributed by atoms with van der Waals surface area (Å²) in [6.07, 6.45) is 1.18. The summed E-state index contributed by atoms with van der Waals surface area (Å²) in [5, 5.41) is 25.6. The molecule has 7 nitrogen and oxygen atoms in total. The lowest BCUT2D eigenvalue weighted by molar-refractivity contribution is 0.321. The van der Waals surface area contributed by atoms with E-state index < -0.39 is 0 Å². The number of rotatable bonds is 5. The van der Waals surface area contributed by atoms with Crippen molar-refractivity contribution in [2.45, 2.75) is 0 Å². The SMILES string of the molecule is COc1cc2c(O)c(/C=N/O)c3cc(OC)c(OC)cc3c2cc1OC. The number of phenolic OH excluding ortho intramolecular Hbond substituents is 1. The molecule has 0 spiro atoms. The van der Waals surface area contributed by atoms with E-state index >= 15 is 0 Å². The Morgan fingerprint density at radius 1 is 0.692 bits per heavy atom. The summed E-state index contributed by atoms with van der Waals surface area (Å²) in [6, 6.07) is 6.98. The second-order valence-electron chi connectivity index (χ2n) is 5.51. The fourth-order valence-electron chi connectivity index (χ4n) is 3.08. The fraction of sp³-hybridized carbons (Fsp3) is 0.211. The largest absolute Gasteiger partial charge is 0.507 e. The Kier molecular flexibility index (Phi) is 4.62. The molecule has 0 radical (unpaired) electrons. The minimum atomic E-state index is -0.0431. The van der Waals surface area contributed by atoms with E-state index in [-0.39, 0.29) is 5.75 Å². The molecule has 3 rings (SSSR count). The summed E-state index contributed by atoms with van der Waals surface area (Å²) in [7, 11) is 6.14. The van der Waals surface area contributed by atoms with Crippen LogP contribution in [0.1, 0.15) is 5.56 Å². The Hall–Kier alpha value is -3.35. The molecule has 0 aliphatic carbocycles. The van der Waals surface area contributed by atoms with Gasteiger partial charge in [0.15, 0.2) is 23.0 Å². The number of hydrogen-bond acceptors (Lipinski definition) is 7. The molecular formula is C19H19NO6. The maximum Gasteiger partial charge on any atom is 0.161 e. The molecule has 0 atom stereocenters. The first-order valence-corrected chi connectivity index (χ1v) is 7.73. The highest BCUT2D eigenvalue weighted by Gasteiger charge is 2.19. The fourth-order valence-corrected chi connectivity index (χ4v) is 3.08. The predicted molar refractivity (Wildman–Crippen MR) is 98.7 cm³/mol. The van der Waals surface area contributed by atoms with Crippen molar-refractivity contribution in [3.63, 3.8) is 0 Å². The molecule has 3 aromatic rings. The van der Waals surface area contributed by atoms with E-state index in [9.17, 15) is 5.11 Å². The van der Waals surface area contributed by atoms with Crippen molar-refractivity contribution in [3.05, 3.63) is 29.8 Å². The van der Waals surface area contributed by atoms with Crippen LogP contribution in [0.3, 0.4) is 0 Å². The average molecular weight is 357 g/mol. The lowest BCUT2D eigenvalue weighted by Gasteiger charge is -2.16. The van der Waals surface area contributed by atoms with Gasteiger partial charge in [-0.3, -0.25) is 0 Å². The maximum atomic E-state index is 10.8. The number of ether oxygens (including phenoxy) is 4. The van der Waals surface area contributed by atoms with Crippen molar-refractivity contribution >= 4 is 27.8 Å². The van der Waals surface area contributed by atoms with Crippen molar-refractivity contribution in [1.29, 1.82) is 0 Å². The van der Waals surface area contributed by atoms with Crippen molar-refractivity contribution < 1.29 is 29.3 Å². The monoisotopic (exact) mass is 357 g/mol. The number of oxime groups is 1. The molecule has 0 bridgehead atoms. The zero-order valence-electron chi connectivity index (χ0n) is 14.9. The normalized spacial score (nSPS) is 11.2.